The summed E-state index contributed by atoms with van der Waals surface area (Å²) in [5, 5.41) is 0. The molecule has 1 aliphatic heterocycles. The van der Waals surface area contributed by atoms with Crippen molar-refractivity contribution in [2.24, 2.45) is 5.92 Å². The molecule has 0 atom stereocenters. The molecule has 1 aromatic rings. The van der Waals surface area contributed by atoms with E-state index in [0.717, 1.165) is 0 Å². The van der Waals surface area contributed by atoms with Crippen LogP contribution in [0.2, 0.25) is 0 Å². The molecule has 0 bridgehead atoms. The number of rotatable bonds is 5. The Labute approximate surface area is 125 Å². The first-order valence-electron chi connectivity index (χ1n) is 6.91. The lowest BCUT2D eigenvalue weighted by Crippen LogP contribution is -2.39. The fourth-order valence-corrected chi connectivity index (χ4v) is 4.00. The summed E-state index contributed by atoms with van der Waals surface area (Å²) in [6, 6.07) is 8.43. The number of piperidine rings is 1. The van der Waals surface area contributed by atoms with Gasteiger partial charge in [-0.3, -0.25) is 9.63 Å². The largest absolute Gasteiger partial charge is 0.277 e. The molecule has 1 saturated heterocycles. The molecule has 21 heavy (non-hydrogen) atoms. The lowest BCUT2D eigenvalue weighted by molar-refractivity contribution is -0.132. The van der Waals surface area contributed by atoms with Crippen molar-refractivity contribution in [3.63, 3.8) is 0 Å². The van der Waals surface area contributed by atoms with Crippen LogP contribution < -0.4 is 5.48 Å². The average Bonchev–Trinajstić information content (AvgIpc) is 2.49. The molecule has 6 nitrogen and oxygen atoms in total. The normalized spacial score (nSPS) is 17.6. The smallest absolute Gasteiger partial charge is 0.243 e. The van der Waals surface area contributed by atoms with Gasteiger partial charge in [-0.15, -0.1) is 0 Å². The highest BCUT2D eigenvalue weighted by Crippen LogP contribution is 2.25. The maximum absolute atomic E-state index is 12.4. The Bertz CT molecular complexity index is 566. The quantitative estimate of drug-likeness (QED) is 0.828. The minimum absolute atomic E-state index is 0.165. The van der Waals surface area contributed by atoms with Gasteiger partial charge in [0.05, 0.1) is 12.0 Å². The van der Waals surface area contributed by atoms with Crippen LogP contribution in [-0.4, -0.2) is 38.8 Å². The van der Waals surface area contributed by atoms with E-state index in [2.05, 4.69) is 10.3 Å². The molecule has 1 N–H and O–H groups in total. The van der Waals surface area contributed by atoms with Crippen LogP contribution in [0.3, 0.4) is 0 Å². The standard InChI is InChI=1S/C14H20N2O4S/c1-20-15-14(17)11-12-7-9-16(10-8-12)21(18,19)13-5-3-2-4-6-13/h2-6,12H,7-11H2,1H3,(H,15,17). The zero-order valence-corrected chi connectivity index (χ0v) is 12.8. The summed E-state index contributed by atoms with van der Waals surface area (Å²) in [4.78, 5) is 16.3. The van der Waals surface area contributed by atoms with E-state index in [1.807, 2.05) is 0 Å². The Morgan fingerprint density at radius 1 is 1.29 bits per heavy atom. The minimum Gasteiger partial charge on any atom is -0.277 e. The highest BCUT2D eigenvalue weighted by molar-refractivity contribution is 7.89. The van der Waals surface area contributed by atoms with Crippen LogP contribution >= 0.6 is 0 Å². The summed E-state index contributed by atoms with van der Waals surface area (Å²) in [5.74, 6) is 0.0317. The molecule has 1 aliphatic rings. The molecule has 1 fully saturated rings. The van der Waals surface area contributed by atoms with Crippen LogP contribution in [0.4, 0.5) is 0 Å². The molecular formula is C14H20N2O4S. The summed E-state index contributed by atoms with van der Waals surface area (Å²) < 4.78 is 26.4. The predicted molar refractivity (Wildman–Crippen MR) is 77.7 cm³/mol. The highest BCUT2D eigenvalue weighted by atomic mass is 32.2. The minimum atomic E-state index is -3.42. The zero-order chi connectivity index (χ0) is 15.3. The first-order valence-corrected chi connectivity index (χ1v) is 8.35. The number of hydroxylamine groups is 1. The Morgan fingerprint density at radius 3 is 2.48 bits per heavy atom. The van der Waals surface area contributed by atoms with E-state index in [0.29, 0.717) is 37.2 Å². The van der Waals surface area contributed by atoms with E-state index < -0.39 is 10.0 Å². The van der Waals surface area contributed by atoms with E-state index >= 15 is 0 Å². The first-order chi connectivity index (χ1) is 10.0. The van der Waals surface area contributed by atoms with Crippen molar-refractivity contribution in [1.82, 2.24) is 9.79 Å². The van der Waals surface area contributed by atoms with Gasteiger partial charge in [-0.25, -0.2) is 13.9 Å². The maximum Gasteiger partial charge on any atom is 0.243 e. The molecule has 0 aliphatic carbocycles. The van der Waals surface area contributed by atoms with Crippen LogP contribution in [0.25, 0.3) is 0 Å². The Hall–Kier alpha value is -1.44. The van der Waals surface area contributed by atoms with Crippen LogP contribution in [0.5, 0.6) is 0 Å². The number of carbonyl (C=O) groups is 1. The molecule has 0 saturated carbocycles. The number of hydrogen-bond donors (Lipinski definition) is 1. The number of sulfonamides is 1. The van der Waals surface area contributed by atoms with Gasteiger partial charge in [-0.05, 0) is 30.9 Å². The van der Waals surface area contributed by atoms with Crippen molar-refractivity contribution >= 4 is 15.9 Å². The van der Waals surface area contributed by atoms with E-state index in [1.54, 1.807) is 30.3 Å². The van der Waals surface area contributed by atoms with E-state index in [-0.39, 0.29) is 11.8 Å². The van der Waals surface area contributed by atoms with Gasteiger partial charge in [-0.2, -0.15) is 4.31 Å². The molecule has 1 amide bonds. The topological polar surface area (TPSA) is 75.7 Å². The van der Waals surface area contributed by atoms with Crippen LogP contribution in [0.15, 0.2) is 35.2 Å². The lowest BCUT2D eigenvalue weighted by atomic mass is 9.94. The van der Waals surface area contributed by atoms with E-state index in [4.69, 9.17) is 0 Å². The lowest BCUT2D eigenvalue weighted by Gasteiger charge is -2.30. The number of carbonyl (C=O) groups excluding carboxylic acids is 1. The van der Waals surface area contributed by atoms with Crippen molar-refractivity contribution in [3.05, 3.63) is 30.3 Å². The Kier molecular flexibility index (Phi) is 5.33. The number of amides is 1. The van der Waals surface area contributed by atoms with E-state index in [1.165, 1.54) is 11.4 Å². The molecule has 0 radical (unpaired) electrons. The third-order valence-corrected chi connectivity index (χ3v) is 5.56. The first kappa shape index (κ1) is 15.9. The molecular weight excluding hydrogens is 292 g/mol. The summed E-state index contributed by atoms with van der Waals surface area (Å²) in [6.07, 6.45) is 1.74. The third-order valence-electron chi connectivity index (χ3n) is 3.64. The van der Waals surface area contributed by atoms with Gasteiger partial charge in [-0.1, -0.05) is 18.2 Å². The van der Waals surface area contributed by atoms with Crippen molar-refractivity contribution in [2.45, 2.75) is 24.2 Å². The van der Waals surface area contributed by atoms with Gasteiger partial charge >= 0.3 is 0 Å². The number of hydrogen-bond acceptors (Lipinski definition) is 4. The maximum atomic E-state index is 12.4. The summed E-state index contributed by atoms with van der Waals surface area (Å²) >= 11 is 0. The van der Waals surface area contributed by atoms with Crippen LogP contribution in [-0.2, 0) is 19.7 Å². The summed E-state index contributed by atoms with van der Waals surface area (Å²) in [5.41, 5.74) is 2.29. The SMILES string of the molecule is CONC(=O)CC1CCN(S(=O)(=O)c2ccccc2)CC1. The van der Waals surface area contributed by atoms with Crippen LogP contribution in [0.1, 0.15) is 19.3 Å². The van der Waals surface area contributed by atoms with Crippen LogP contribution in [0, 0.1) is 5.92 Å². The molecule has 116 valence electrons. The number of nitrogens with zero attached hydrogens (tertiary/aromatic N) is 1. The summed E-state index contributed by atoms with van der Waals surface area (Å²) in [7, 11) is -2.02. The van der Waals surface area contributed by atoms with Gasteiger partial charge in [0.1, 0.15) is 0 Å². The molecule has 0 spiro atoms. The van der Waals surface area contributed by atoms with Gasteiger partial charge in [0.25, 0.3) is 0 Å². The van der Waals surface area contributed by atoms with Crippen molar-refractivity contribution in [1.29, 1.82) is 0 Å². The zero-order valence-electron chi connectivity index (χ0n) is 12.0. The number of benzene rings is 1. The monoisotopic (exact) mass is 312 g/mol. The average molecular weight is 312 g/mol. The van der Waals surface area contributed by atoms with Gasteiger partial charge < -0.3 is 0 Å². The fraction of sp³-hybridized carbons (Fsp3) is 0.500. The number of nitrogens with one attached hydrogen (secondary N) is 1. The van der Waals surface area contributed by atoms with Crippen molar-refractivity contribution in [2.75, 3.05) is 20.2 Å². The van der Waals surface area contributed by atoms with Gasteiger partial charge in [0.2, 0.25) is 15.9 Å². The van der Waals surface area contributed by atoms with Gasteiger partial charge in [0, 0.05) is 19.5 Å². The second-order valence-corrected chi connectivity index (χ2v) is 7.03. The fourth-order valence-electron chi connectivity index (χ4n) is 2.51. The summed E-state index contributed by atoms with van der Waals surface area (Å²) in [6.45, 7) is 0.893. The second-order valence-electron chi connectivity index (χ2n) is 5.09. The van der Waals surface area contributed by atoms with Crippen molar-refractivity contribution in [3.8, 4) is 0 Å². The van der Waals surface area contributed by atoms with Crippen molar-refractivity contribution < 1.29 is 18.0 Å². The predicted octanol–water partition coefficient (Wildman–Crippen LogP) is 1.15. The molecule has 0 unspecified atom stereocenters. The third kappa shape index (κ3) is 4.03. The molecule has 1 heterocycles. The van der Waals surface area contributed by atoms with Gasteiger partial charge in [0.15, 0.2) is 0 Å². The molecule has 0 aromatic heterocycles. The molecule has 1 aromatic carbocycles. The molecule has 7 heteroatoms. The molecule has 2 rings (SSSR count). The highest BCUT2D eigenvalue weighted by Gasteiger charge is 2.29. The Morgan fingerprint density at radius 2 is 1.90 bits per heavy atom. The van der Waals surface area contributed by atoms with E-state index in [9.17, 15) is 13.2 Å². The second kappa shape index (κ2) is 7.02. The Balaban J connectivity index is 1.93.